The van der Waals surface area contributed by atoms with E-state index in [1.54, 1.807) is 6.20 Å². The summed E-state index contributed by atoms with van der Waals surface area (Å²) in [6, 6.07) is 5.58. The van der Waals surface area contributed by atoms with Crippen molar-refractivity contribution < 1.29 is 19.1 Å². The molecule has 0 unspecified atom stereocenters. The van der Waals surface area contributed by atoms with Gasteiger partial charge in [0, 0.05) is 31.7 Å². The molecule has 8 heteroatoms. The van der Waals surface area contributed by atoms with Crippen molar-refractivity contribution in [2.75, 3.05) is 38.7 Å². The number of anilines is 1. The topological polar surface area (TPSA) is 96.5 Å². The summed E-state index contributed by atoms with van der Waals surface area (Å²) >= 11 is 0. The van der Waals surface area contributed by atoms with Crippen LogP contribution in [0.4, 0.5) is 5.69 Å². The van der Waals surface area contributed by atoms with E-state index >= 15 is 0 Å². The van der Waals surface area contributed by atoms with E-state index in [1.165, 1.54) is 7.11 Å². The highest BCUT2D eigenvalue weighted by Crippen LogP contribution is 2.31. The van der Waals surface area contributed by atoms with Crippen LogP contribution in [-0.4, -0.2) is 60.3 Å². The van der Waals surface area contributed by atoms with Crippen LogP contribution in [0.2, 0.25) is 0 Å². The highest BCUT2D eigenvalue weighted by Gasteiger charge is 2.28. The van der Waals surface area contributed by atoms with E-state index in [0.717, 1.165) is 29.8 Å². The molecule has 1 atom stereocenters. The van der Waals surface area contributed by atoms with Gasteiger partial charge < -0.3 is 19.7 Å². The molecule has 2 aromatic rings. The van der Waals surface area contributed by atoms with E-state index in [1.807, 2.05) is 36.9 Å². The minimum atomic E-state index is -0.234. The molecule has 2 amide bonds. The van der Waals surface area contributed by atoms with Crippen LogP contribution < -0.4 is 10.1 Å². The van der Waals surface area contributed by atoms with E-state index in [2.05, 4.69) is 15.5 Å². The normalized spacial score (nSPS) is 16.5. The number of H-pyrrole nitrogens is 1. The quantitative estimate of drug-likeness (QED) is 0.745. The first kappa shape index (κ1) is 20.9. The maximum absolute atomic E-state index is 13.1. The molecule has 0 bridgehead atoms. The summed E-state index contributed by atoms with van der Waals surface area (Å²) in [4.78, 5) is 26.8. The van der Waals surface area contributed by atoms with Crippen LogP contribution in [-0.2, 0) is 9.53 Å². The van der Waals surface area contributed by atoms with E-state index in [9.17, 15) is 9.59 Å². The molecule has 0 aliphatic carbocycles. The zero-order chi connectivity index (χ0) is 20.8. The lowest BCUT2D eigenvalue weighted by Gasteiger charge is -2.33. The fraction of sp³-hybridized carbons (Fsp3) is 0.476. The largest absolute Gasteiger partial charge is 0.494 e. The molecule has 2 N–H and O–H groups in total. The number of benzene rings is 1. The summed E-state index contributed by atoms with van der Waals surface area (Å²) in [5, 5.41) is 9.89. The lowest BCUT2D eigenvalue weighted by atomic mass is 9.93. The van der Waals surface area contributed by atoms with Crippen LogP contribution in [0.5, 0.6) is 5.75 Å². The number of aromatic amines is 1. The van der Waals surface area contributed by atoms with Crippen molar-refractivity contribution in [2.24, 2.45) is 0 Å². The maximum Gasteiger partial charge on any atom is 0.254 e. The number of carbonyl (C=O) groups is 2. The summed E-state index contributed by atoms with van der Waals surface area (Å²) in [5.74, 6) is 0.565. The molecular weight excluding hydrogens is 372 g/mol. The molecule has 3 rings (SSSR count). The van der Waals surface area contributed by atoms with Crippen molar-refractivity contribution in [3.05, 3.63) is 41.2 Å². The number of nitrogens with one attached hydrogen (secondary N) is 2. The van der Waals surface area contributed by atoms with Crippen LogP contribution >= 0.6 is 0 Å². The van der Waals surface area contributed by atoms with Gasteiger partial charge in [-0.1, -0.05) is 6.07 Å². The number of piperidine rings is 1. The second-order valence-corrected chi connectivity index (χ2v) is 7.18. The zero-order valence-corrected chi connectivity index (χ0v) is 17.2. The van der Waals surface area contributed by atoms with Crippen LogP contribution in [0.25, 0.3) is 0 Å². The lowest BCUT2D eigenvalue weighted by molar-refractivity contribution is -0.119. The zero-order valence-electron chi connectivity index (χ0n) is 17.2. The van der Waals surface area contributed by atoms with Gasteiger partial charge in [0.25, 0.3) is 5.91 Å². The van der Waals surface area contributed by atoms with Gasteiger partial charge in [0.1, 0.15) is 12.4 Å². The van der Waals surface area contributed by atoms with Gasteiger partial charge in [-0.25, -0.2) is 0 Å². The minimum absolute atomic E-state index is 0.0138. The number of methoxy groups -OCH3 is 1. The number of carbonyl (C=O) groups excluding carboxylic acids is 2. The first-order valence-electron chi connectivity index (χ1n) is 9.88. The number of nitrogens with zero attached hydrogens (tertiary/aromatic N) is 2. The molecule has 0 radical (unpaired) electrons. The Morgan fingerprint density at radius 2 is 2.21 bits per heavy atom. The van der Waals surface area contributed by atoms with Crippen LogP contribution in [0.3, 0.4) is 0 Å². The first-order valence-corrected chi connectivity index (χ1v) is 9.88. The van der Waals surface area contributed by atoms with E-state index in [0.29, 0.717) is 30.9 Å². The van der Waals surface area contributed by atoms with Gasteiger partial charge in [0.2, 0.25) is 5.91 Å². The van der Waals surface area contributed by atoms with E-state index in [-0.39, 0.29) is 24.3 Å². The summed E-state index contributed by atoms with van der Waals surface area (Å²) in [6.07, 6.45) is 3.39. The first-order chi connectivity index (χ1) is 14.0. The predicted octanol–water partition coefficient (Wildman–Crippen LogP) is 2.72. The number of likely N-dealkylation sites (tertiary alicyclic amines) is 1. The molecule has 2 heterocycles. The molecule has 1 aromatic heterocycles. The smallest absolute Gasteiger partial charge is 0.254 e. The Kier molecular flexibility index (Phi) is 6.87. The Labute approximate surface area is 170 Å². The average Bonchev–Trinajstić information content (AvgIpc) is 3.17. The number of hydrogen-bond donors (Lipinski definition) is 2. The highest BCUT2D eigenvalue weighted by molar-refractivity contribution is 5.95. The van der Waals surface area contributed by atoms with Crippen molar-refractivity contribution in [3.63, 3.8) is 0 Å². The second-order valence-electron chi connectivity index (χ2n) is 7.18. The van der Waals surface area contributed by atoms with Crippen molar-refractivity contribution in [3.8, 4) is 5.75 Å². The summed E-state index contributed by atoms with van der Waals surface area (Å²) < 4.78 is 10.5. The third-order valence-electron chi connectivity index (χ3n) is 5.07. The molecule has 1 fully saturated rings. The Morgan fingerprint density at radius 3 is 2.97 bits per heavy atom. The van der Waals surface area contributed by atoms with Crippen LogP contribution in [0.15, 0.2) is 24.4 Å². The minimum Gasteiger partial charge on any atom is -0.494 e. The van der Waals surface area contributed by atoms with Crippen molar-refractivity contribution >= 4 is 17.5 Å². The number of hydrogen-bond acceptors (Lipinski definition) is 5. The van der Waals surface area contributed by atoms with Crippen LogP contribution in [0, 0.1) is 6.92 Å². The molecule has 0 spiro atoms. The summed E-state index contributed by atoms with van der Waals surface area (Å²) in [5.41, 5.74) is 3.11. The number of amides is 2. The van der Waals surface area contributed by atoms with Gasteiger partial charge in [-0.05, 0) is 44.4 Å². The number of rotatable bonds is 7. The van der Waals surface area contributed by atoms with Crippen molar-refractivity contribution in [1.29, 1.82) is 0 Å². The highest BCUT2D eigenvalue weighted by atomic mass is 16.5. The van der Waals surface area contributed by atoms with E-state index < -0.39 is 0 Å². The van der Waals surface area contributed by atoms with Crippen molar-refractivity contribution in [1.82, 2.24) is 15.1 Å². The Balaban J connectivity index is 1.73. The van der Waals surface area contributed by atoms with Gasteiger partial charge in [-0.3, -0.25) is 14.7 Å². The molecule has 0 saturated carbocycles. The molecule has 1 aromatic carbocycles. The van der Waals surface area contributed by atoms with Crippen molar-refractivity contribution in [2.45, 2.75) is 32.6 Å². The van der Waals surface area contributed by atoms with Crippen LogP contribution in [0.1, 0.15) is 47.3 Å². The third-order valence-corrected chi connectivity index (χ3v) is 5.07. The monoisotopic (exact) mass is 400 g/mol. The maximum atomic E-state index is 13.1. The fourth-order valence-corrected chi connectivity index (χ4v) is 3.65. The lowest BCUT2D eigenvalue weighted by Crippen LogP contribution is -2.39. The molecule has 1 saturated heterocycles. The summed E-state index contributed by atoms with van der Waals surface area (Å²) in [6.45, 7) is 5.69. The van der Waals surface area contributed by atoms with Gasteiger partial charge in [0.15, 0.2) is 0 Å². The molecular formula is C21H28N4O4. The van der Waals surface area contributed by atoms with Gasteiger partial charge in [-0.2, -0.15) is 5.10 Å². The Bertz CT molecular complexity index is 864. The molecule has 1 aliphatic heterocycles. The summed E-state index contributed by atoms with van der Waals surface area (Å²) in [7, 11) is 1.47. The molecule has 29 heavy (non-hydrogen) atoms. The Hall–Kier alpha value is -2.87. The van der Waals surface area contributed by atoms with Gasteiger partial charge in [0.05, 0.1) is 24.2 Å². The van der Waals surface area contributed by atoms with E-state index in [4.69, 9.17) is 9.47 Å². The molecule has 156 valence electrons. The number of aryl methyl sites for hydroxylation is 1. The Morgan fingerprint density at radius 1 is 1.38 bits per heavy atom. The SMILES string of the molecule is CCOc1cc(C(=O)N2CCC[C@@H](c3[nH]ncc3NC(=O)COC)C2)ccc1C. The third kappa shape index (κ3) is 4.95. The number of aromatic nitrogens is 2. The molecule has 8 nitrogen and oxygen atoms in total. The standard InChI is InChI=1S/C21H28N4O4/c1-4-29-18-10-15(8-7-14(18)2)21(27)25-9-5-6-16(12-25)20-17(11-22-24-20)23-19(26)13-28-3/h7-8,10-11,16H,4-6,9,12-13H2,1-3H3,(H,22,24)(H,23,26)/t16-/m1/s1. The number of ether oxygens (including phenoxy) is 2. The average molecular weight is 400 g/mol. The second kappa shape index (κ2) is 9.56. The van der Waals surface area contributed by atoms with Gasteiger partial charge >= 0.3 is 0 Å². The predicted molar refractivity (Wildman–Crippen MR) is 109 cm³/mol. The molecule has 1 aliphatic rings. The fourth-order valence-electron chi connectivity index (χ4n) is 3.65. The van der Waals surface area contributed by atoms with Gasteiger partial charge in [-0.15, -0.1) is 0 Å².